The Bertz CT molecular complexity index is 1150. The monoisotopic (exact) mass is 398 g/mol. The number of aromatic nitrogens is 1. The molecule has 2 atom stereocenters. The van der Waals surface area contributed by atoms with Crippen LogP contribution in [-0.4, -0.2) is 16.5 Å². The van der Waals surface area contributed by atoms with Crippen LogP contribution >= 0.6 is 11.8 Å². The molecule has 0 spiro atoms. The van der Waals surface area contributed by atoms with Crippen molar-refractivity contribution < 1.29 is 4.79 Å². The van der Waals surface area contributed by atoms with Crippen molar-refractivity contribution in [3.8, 4) is 0 Å². The summed E-state index contributed by atoms with van der Waals surface area (Å²) < 4.78 is 0. The highest BCUT2D eigenvalue weighted by Gasteiger charge is 2.29. The lowest BCUT2D eigenvalue weighted by Gasteiger charge is -2.30. The number of H-pyrrole nitrogens is 1. The van der Waals surface area contributed by atoms with E-state index in [0.29, 0.717) is 0 Å². The zero-order valence-corrected chi connectivity index (χ0v) is 16.8. The topological polar surface area (TPSA) is 44.9 Å². The summed E-state index contributed by atoms with van der Waals surface area (Å²) in [4.78, 5) is 18.3. The zero-order valence-electron chi connectivity index (χ0n) is 16.0. The van der Waals surface area contributed by atoms with Crippen LogP contribution in [0.15, 0.2) is 90.0 Å². The molecule has 3 nitrogen and oxygen atoms in total. The molecule has 2 heterocycles. The summed E-state index contributed by atoms with van der Waals surface area (Å²) in [6, 6.07) is 26.3. The Morgan fingerprint density at radius 3 is 2.62 bits per heavy atom. The minimum atomic E-state index is -0.392. The third kappa shape index (κ3) is 3.50. The molecule has 0 fully saturated rings. The third-order valence-corrected chi connectivity index (χ3v) is 6.70. The van der Waals surface area contributed by atoms with Crippen molar-refractivity contribution in [3.05, 3.63) is 102 Å². The minimum absolute atomic E-state index is 0.101. The first-order chi connectivity index (χ1) is 14.3. The first-order valence-electron chi connectivity index (χ1n) is 9.94. The Hall–Kier alpha value is -2.82. The normalized spacial score (nSPS) is 17.0. The first kappa shape index (κ1) is 18.2. The molecule has 1 aliphatic rings. The Labute approximate surface area is 174 Å². The predicted molar refractivity (Wildman–Crippen MR) is 119 cm³/mol. The number of Topliss-reactive ketones (excluding diaryl/α,β-unsaturated/α-hetero) is 1. The number of nitrogens with one attached hydrogen (secondary N) is 2. The van der Waals surface area contributed by atoms with Crippen molar-refractivity contribution in [2.24, 2.45) is 0 Å². The van der Waals surface area contributed by atoms with Gasteiger partial charge in [0.1, 0.15) is 0 Å². The van der Waals surface area contributed by atoms with Gasteiger partial charge in [-0.15, -0.1) is 11.8 Å². The number of thioether (sulfide) groups is 1. The SMILES string of the molecule is O=C(c1c[nH]c2ccccc12)[C@H](N[C@@H]1CCSc2ccccc21)c1ccccc1. The Morgan fingerprint density at radius 1 is 0.966 bits per heavy atom. The van der Waals surface area contributed by atoms with E-state index in [1.54, 1.807) is 0 Å². The fourth-order valence-corrected chi connectivity index (χ4v) is 5.24. The number of carbonyl (C=O) groups excluding carboxylic acids is 1. The van der Waals surface area contributed by atoms with Gasteiger partial charge in [-0.05, 0) is 35.4 Å². The number of aromatic amines is 1. The summed E-state index contributed by atoms with van der Waals surface area (Å²) in [6.45, 7) is 0. The number of hydrogen-bond acceptors (Lipinski definition) is 3. The van der Waals surface area contributed by atoms with Crippen molar-refractivity contribution in [2.45, 2.75) is 23.4 Å². The van der Waals surface area contributed by atoms with Crippen LogP contribution < -0.4 is 5.32 Å². The van der Waals surface area contributed by atoms with E-state index in [-0.39, 0.29) is 11.8 Å². The van der Waals surface area contributed by atoms with Gasteiger partial charge < -0.3 is 4.98 Å². The number of carbonyl (C=O) groups is 1. The molecule has 0 saturated heterocycles. The highest BCUT2D eigenvalue weighted by atomic mass is 32.2. The van der Waals surface area contributed by atoms with E-state index in [1.165, 1.54) is 10.5 Å². The number of hydrogen-bond donors (Lipinski definition) is 2. The predicted octanol–water partition coefficient (Wildman–Crippen LogP) is 5.92. The summed E-state index contributed by atoms with van der Waals surface area (Å²) in [7, 11) is 0. The smallest absolute Gasteiger partial charge is 0.186 e. The van der Waals surface area contributed by atoms with Gasteiger partial charge in [-0.25, -0.2) is 0 Å². The number of para-hydroxylation sites is 1. The van der Waals surface area contributed by atoms with Crippen LogP contribution in [0.3, 0.4) is 0 Å². The fraction of sp³-hybridized carbons (Fsp3) is 0.160. The maximum atomic E-state index is 13.7. The Balaban J connectivity index is 1.54. The van der Waals surface area contributed by atoms with Gasteiger partial charge in [-0.3, -0.25) is 10.1 Å². The van der Waals surface area contributed by atoms with Gasteiger partial charge in [0.15, 0.2) is 5.78 Å². The van der Waals surface area contributed by atoms with Gasteiger partial charge in [0.05, 0.1) is 6.04 Å². The zero-order chi connectivity index (χ0) is 19.6. The molecule has 0 radical (unpaired) electrons. The highest BCUT2D eigenvalue weighted by Crippen LogP contribution is 2.37. The molecule has 3 aromatic carbocycles. The number of ketones is 1. The lowest BCUT2D eigenvalue weighted by Crippen LogP contribution is -2.33. The van der Waals surface area contributed by atoms with Crippen molar-refractivity contribution in [1.29, 1.82) is 0 Å². The van der Waals surface area contributed by atoms with E-state index in [2.05, 4.69) is 34.6 Å². The van der Waals surface area contributed by atoms with Crippen LogP contribution in [0.5, 0.6) is 0 Å². The van der Waals surface area contributed by atoms with Gasteiger partial charge >= 0.3 is 0 Å². The summed E-state index contributed by atoms with van der Waals surface area (Å²) in [5.41, 5.74) is 4.01. The first-order valence-corrected chi connectivity index (χ1v) is 10.9. The van der Waals surface area contributed by atoms with Gasteiger partial charge in [-0.2, -0.15) is 0 Å². The second-order valence-corrected chi connectivity index (χ2v) is 8.49. The fourth-order valence-electron chi connectivity index (χ4n) is 4.12. The van der Waals surface area contributed by atoms with Crippen LogP contribution in [0, 0.1) is 0 Å². The van der Waals surface area contributed by atoms with E-state index in [1.807, 2.05) is 72.6 Å². The third-order valence-electron chi connectivity index (χ3n) is 5.58. The quantitative estimate of drug-likeness (QED) is 0.410. The molecule has 4 heteroatoms. The van der Waals surface area contributed by atoms with Crippen LogP contribution in [0.2, 0.25) is 0 Å². The highest BCUT2D eigenvalue weighted by molar-refractivity contribution is 7.99. The van der Waals surface area contributed by atoms with E-state index >= 15 is 0 Å². The van der Waals surface area contributed by atoms with Crippen molar-refractivity contribution in [1.82, 2.24) is 10.3 Å². The summed E-state index contributed by atoms with van der Waals surface area (Å²) in [5.74, 6) is 1.15. The van der Waals surface area contributed by atoms with Gasteiger partial charge in [-0.1, -0.05) is 66.7 Å². The molecular formula is C25H22N2OS. The van der Waals surface area contributed by atoms with E-state index in [9.17, 15) is 4.79 Å². The molecule has 29 heavy (non-hydrogen) atoms. The summed E-state index contributed by atoms with van der Waals surface area (Å²) in [6.07, 6.45) is 2.85. The number of rotatable bonds is 5. The molecule has 0 amide bonds. The molecule has 4 aromatic rings. The van der Waals surface area contributed by atoms with E-state index < -0.39 is 6.04 Å². The molecule has 0 saturated carbocycles. The van der Waals surface area contributed by atoms with Crippen LogP contribution in [-0.2, 0) is 0 Å². The van der Waals surface area contributed by atoms with Crippen molar-refractivity contribution in [2.75, 3.05) is 5.75 Å². The molecule has 5 rings (SSSR count). The van der Waals surface area contributed by atoms with E-state index in [4.69, 9.17) is 0 Å². The number of fused-ring (bicyclic) bond motifs is 2. The molecule has 0 bridgehead atoms. The van der Waals surface area contributed by atoms with Gasteiger partial charge in [0.2, 0.25) is 0 Å². The molecule has 1 aliphatic heterocycles. The average molecular weight is 399 g/mol. The van der Waals surface area contributed by atoms with Crippen LogP contribution in [0.4, 0.5) is 0 Å². The number of benzene rings is 3. The van der Waals surface area contributed by atoms with Crippen LogP contribution in [0.1, 0.15) is 40.0 Å². The molecular weight excluding hydrogens is 376 g/mol. The second kappa shape index (κ2) is 7.90. The van der Waals surface area contributed by atoms with Crippen molar-refractivity contribution in [3.63, 3.8) is 0 Å². The molecule has 0 aliphatic carbocycles. The maximum absolute atomic E-state index is 13.7. The van der Waals surface area contributed by atoms with Crippen LogP contribution in [0.25, 0.3) is 10.9 Å². The lowest BCUT2D eigenvalue weighted by atomic mass is 9.94. The largest absolute Gasteiger partial charge is 0.360 e. The Kier molecular flexibility index (Phi) is 4.96. The second-order valence-electron chi connectivity index (χ2n) is 7.35. The molecule has 0 unspecified atom stereocenters. The molecule has 1 aromatic heterocycles. The van der Waals surface area contributed by atoms with E-state index in [0.717, 1.165) is 34.2 Å². The summed E-state index contributed by atoms with van der Waals surface area (Å²) in [5, 5.41) is 4.68. The lowest BCUT2D eigenvalue weighted by molar-refractivity contribution is 0.0936. The minimum Gasteiger partial charge on any atom is -0.360 e. The van der Waals surface area contributed by atoms with Gasteiger partial charge in [0, 0.05) is 33.6 Å². The molecule has 144 valence electrons. The Morgan fingerprint density at radius 2 is 1.72 bits per heavy atom. The van der Waals surface area contributed by atoms with Crippen molar-refractivity contribution >= 4 is 28.4 Å². The average Bonchev–Trinajstić information content (AvgIpc) is 3.22. The standard InChI is InChI=1S/C25H22N2OS/c28-25(20-16-26-21-12-6-4-10-18(20)21)24(17-8-2-1-3-9-17)27-22-14-15-29-23-13-7-5-11-19(22)23/h1-13,16,22,24,26-27H,14-15H2/t22-,24-/m1/s1. The van der Waals surface area contributed by atoms with Gasteiger partial charge in [0.25, 0.3) is 0 Å². The molecule has 2 N–H and O–H groups in total. The maximum Gasteiger partial charge on any atom is 0.186 e. The summed E-state index contributed by atoms with van der Waals surface area (Å²) >= 11 is 1.89.